The fourth-order valence-corrected chi connectivity index (χ4v) is 6.86. The van der Waals surface area contributed by atoms with Crippen molar-refractivity contribution in [1.29, 1.82) is 0 Å². The fourth-order valence-electron chi connectivity index (χ4n) is 6.29. The smallest absolute Gasteiger partial charge is 0.176 e. The number of carbonyl (C=O) groups is 2. The molecule has 0 N–H and O–H groups in total. The molecular formula is C32H40BrNO5. The molecule has 0 aromatic heterocycles. The van der Waals surface area contributed by atoms with E-state index in [4.69, 9.17) is 20.6 Å². The number of hydrogen-bond donors (Lipinski definition) is 0. The second kappa shape index (κ2) is 11.5. The van der Waals surface area contributed by atoms with Crippen LogP contribution in [0.2, 0.25) is 0 Å². The number of nitrogens with zero attached hydrogens (tertiary/aromatic N) is 1. The van der Waals surface area contributed by atoms with E-state index in [-0.39, 0.29) is 29.0 Å². The zero-order valence-electron chi connectivity index (χ0n) is 24.0. The van der Waals surface area contributed by atoms with E-state index in [0.29, 0.717) is 48.6 Å². The van der Waals surface area contributed by atoms with Crippen LogP contribution in [0.1, 0.15) is 78.2 Å². The highest BCUT2D eigenvalue weighted by Gasteiger charge is 2.49. The van der Waals surface area contributed by atoms with Crippen LogP contribution < -0.4 is 9.47 Å². The average Bonchev–Trinajstić information content (AvgIpc) is 2.82. The van der Waals surface area contributed by atoms with Crippen LogP contribution in [0.4, 0.5) is 0 Å². The number of terminal acetylenes is 1. The van der Waals surface area contributed by atoms with E-state index < -0.39 is 5.92 Å². The number of methoxy groups -OCH3 is 1. The fraction of sp³-hybridized carbons (Fsp3) is 0.562. The molecule has 2 aliphatic carbocycles. The summed E-state index contributed by atoms with van der Waals surface area (Å²) >= 11 is 3.66. The number of benzene rings is 1. The number of hydrogen-bond acceptors (Lipinski definition) is 6. The van der Waals surface area contributed by atoms with Gasteiger partial charge in [-0.1, -0.05) is 33.6 Å². The van der Waals surface area contributed by atoms with Gasteiger partial charge >= 0.3 is 0 Å². The van der Waals surface area contributed by atoms with Gasteiger partial charge in [-0.2, -0.15) is 0 Å². The van der Waals surface area contributed by atoms with Gasteiger partial charge in [-0.05, 0) is 70.6 Å². The van der Waals surface area contributed by atoms with E-state index in [1.54, 1.807) is 7.11 Å². The van der Waals surface area contributed by atoms with Crippen LogP contribution in [0, 0.1) is 23.2 Å². The van der Waals surface area contributed by atoms with Crippen LogP contribution in [0.15, 0.2) is 39.1 Å². The van der Waals surface area contributed by atoms with Crippen LogP contribution in [-0.4, -0.2) is 49.9 Å². The second-order valence-corrected chi connectivity index (χ2v) is 13.1. The van der Waals surface area contributed by atoms with Gasteiger partial charge in [0.2, 0.25) is 0 Å². The van der Waals surface area contributed by atoms with Gasteiger partial charge in [0.05, 0.1) is 11.1 Å². The molecular weight excluding hydrogens is 558 g/mol. The Morgan fingerprint density at radius 2 is 1.59 bits per heavy atom. The molecule has 210 valence electrons. The number of rotatable bonds is 9. The zero-order chi connectivity index (χ0) is 28.5. The number of halogens is 1. The van der Waals surface area contributed by atoms with Gasteiger partial charge in [0.1, 0.15) is 6.61 Å². The molecule has 1 aliphatic heterocycles. The number of Topliss-reactive ketones (excluding diaryl/α,β-unsaturated/α-hetero) is 2. The number of ketones is 2. The molecule has 0 bridgehead atoms. The van der Waals surface area contributed by atoms with Crippen molar-refractivity contribution in [2.75, 3.05) is 33.5 Å². The quantitative estimate of drug-likeness (QED) is 0.236. The van der Waals surface area contributed by atoms with Crippen LogP contribution in [-0.2, 0) is 14.3 Å². The minimum atomic E-state index is -0.460. The van der Waals surface area contributed by atoms with Gasteiger partial charge in [0.15, 0.2) is 23.1 Å². The maximum Gasteiger partial charge on any atom is 0.176 e. The van der Waals surface area contributed by atoms with Crippen molar-refractivity contribution in [2.24, 2.45) is 10.8 Å². The Kier molecular flexibility index (Phi) is 8.68. The summed E-state index contributed by atoms with van der Waals surface area (Å²) in [5.74, 6) is 3.31. The zero-order valence-corrected chi connectivity index (χ0v) is 25.6. The lowest BCUT2D eigenvalue weighted by molar-refractivity contribution is -0.119. The van der Waals surface area contributed by atoms with Crippen LogP contribution in [0.5, 0.6) is 11.5 Å². The summed E-state index contributed by atoms with van der Waals surface area (Å²) in [5, 5.41) is 0. The topological polar surface area (TPSA) is 65.1 Å². The average molecular weight is 599 g/mol. The van der Waals surface area contributed by atoms with Gasteiger partial charge in [-0.25, -0.2) is 0 Å². The maximum atomic E-state index is 14.0. The number of ether oxygens (including phenoxy) is 3. The van der Waals surface area contributed by atoms with Crippen LogP contribution >= 0.6 is 15.9 Å². The molecule has 0 fully saturated rings. The Labute approximate surface area is 241 Å². The Balaban J connectivity index is 1.97. The van der Waals surface area contributed by atoms with E-state index in [1.165, 1.54) is 0 Å². The Bertz CT molecular complexity index is 1210. The molecule has 0 spiro atoms. The standard InChI is InChI=1S/C32H40BrNO5/c1-8-12-39-30-21(33)14-20(15-26(30)38-9-2)27-28-22(16-31(3,4)18-24(28)35)34(11-10-13-37-7)23-17-32(5,6)19-25(36)29(23)27/h1,14-15,27H,9-13,16-19H2,2-7H3. The predicted octanol–water partition coefficient (Wildman–Crippen LogP) is 6.58. The van der Waals surface area contributed by atoms with Gasteiger partial charge < -0.3 is 19.1 Å². The third kappa shape index (κ3) is 5.98. The van der Waals surface area contributed by atoms with Gasteiger partial charge in [0.25, 0.3) is 0 Å². The van der Waals surface area contributed by atoms with E-state index in [1.807, 2.05) is 19.1 Å². The summed E-state index contributed by atoms with van der Waals surface area (Å²) in [7, 11) is 1.70. The lowest BCUT2D eigenvalue weighted by Gasteiger charge is -2.49. The molecule has 0 saturated carbocycles. The second-order valence-electron chi connectivity index (χ2n) is 12.3. The van der Waals surface area contributed by atoms with Gasteiger partial charge in [-0.3, -0.25) is 9.59 Å². The van der Waals surface area contributed by atoms with Crippen molar-refractivity contribution in [3.8, 4) is 23.8 Å². The normalized spacial score (nSPS) is 20.5. The van der Waals surface area contributed by atoms with E-state index in [0.717, 1.165) is 47.4 Å². The third-order valence-corrected chi connectivity index (χ3v) is 8.31. The highest BCUT2D eigenvalue weighted by atomic mass is 79.9. The predicted molar refractivity (Wildman–Crippen MR) is 156 cm³/mol. The molecule has 1 aromatic rings. The summed E-state index contributed by atoms with van der Waals surface area (Å²) in [6.45, 7) is 12.4. The Morgan fingerprint density at radius 1 is 1.00 bits per heavy atom. The van der Waals surface area contributed by atoms with Crippen molar-refractivity contribution in [1.82, 2.24) is 4.90 Å². The summed E-state index contributed by atoms with van der Waals surface area (Å²) in [6, 6.07) is 3.87. The molecule has 1 aromatic carbocycles. The molecule has 39 heavy (non-hydrogen) atoms. The van der Waals surface area contributed by atoms with Crippen LogP contribution in [0.3, 0.4) is 0 Å². The molecule has 4 rings (SSSR count). The molecule has 0 atom stereocenters. The highest BCUT2D eigenvalue weighted by molar-refractivity contribution is 9.10. The first kappa shape index (κ1) is 29.4. The van der Waals surface area contributed by atoms with E-state index in [2.05, 4.69) is 54.4 Å². The largest absolute Gasteiger partial charge is 0.490 e. The third-order valence-electron chi connectivity index (χ3n) is 7.72. The first-order valence-electron chi connectivity index (χ1n) is 13.7. The van der Waals surface area contributed by atoms with E-state index in [9.17, 15) is 9.59 Å². The van der Waals surface area contributed by atoms with Crippen molar-refractivity contribution in [3.05, 3.63) is 44.7 Å². The molecule has 0 radical (unpaired) electrons. The minimum Gasteiger partial charge on any atom is -0.490 e. The summed E-state index contributed by atoms with van der Waals surface area (Å²) in [4.78, 5) is 30.3. The first-order valence-corrected chi connectivity index (χ1v) is 14.5. The van der Waals surface area contributed by atoms with Crippen molar-refractivity contribution < 1.29 is 23.8 Å². The van der Waals surface area contributed by atoms with Gasteiger partial charge in [-0.15, -0.1) is 6.42 Å². The maximum absolute atomic E-state index is 14.0. The van der Waals surface area contributed by atoms with E-state index >= 15 is 0 Å². The number of allylic oxidation sites excluding steroid dienone is 4. The SMILES string of the molecule is C#CCOc1c(Br)cc(C2C3=C(CC(C)(C)CC3=O)N(CCCOC)C3=C2C(=O)CC(C)(C)C3)cc1OCC. The first-order chi connectivity index (χ1) is 18.4. The summed E-state index contributed by atoms with van der Waals surface area (Å²) in [6.07, 6.45) is 8.68. The Morgan fingerprint density at radius 3 is 2.10 bits per heavy atom. The van der Waals surface area contributed by atoms with Crippen molar-refractivity contribution >= 4 is 27.5 Å². The molecule has 6 nitrogen and oxygen atoms in total. The molecule has 0 unspecified atom stereocenters. The molecule has 7 heteroatoms. The highest BCUT2D eigenvalue weighted by Crippen LogP contribution is 2.55. The number of carbonyl (C=O) groups excluding carboxylic acids is 2. The lowest BCUT2D eigenvalue weighted by Crippen LogP contribution is -2.44. The van der Waals surface area contributed by atoms with Gasteiger partial charge in [0, 0.05) is 61.6 Å². The Hall–Kier alpha value is -2.56. The minimum absolute atomic E-state index is 0.101. The monoisotopic (exact) mass is 597 g/mol. The molecule has 0 saturated heterocycles. The summed E-state index contributed by atoms with van der Waals surface area (Å²) in [5.41, 5.74) is 4.07. The molecule has 3 aliphatic rings. The lowest BCUT2D eigenvalue weighted by atomic mass is 9.63. The van der Waals surface area contributed by atoms with Crippen LogP contribution in [0.25, 0.3) is 0 Å². The van der Waals surface area contributed by atoms with Crippen molar-refractivity contribution in [3.63, 3.8) is 0 Å². The molecule has 0 amide bonds. The molecule has 1 heterocycles. The summed E-state index contributed by atoms with van der Waals surface area (Å²) < 4.78 is 17.8. The van der Waals surface area contributed by atoms with Crippen molar-refractivity contribution in [2.45, 2.75) is 72.6 Å².